The van der Waals surface area contributed by atoms with E-state index in [-0.39, 0.29) is 12.2 Å². The number of hydrogen-bond acceptors (Lipinski definition) is 4. The minimum atomic E-state index is -4.45. The Kier molecular flexibility index (Phi) is 4.92. The highest BCUT2D eigenvalue weighted by atomic mass is 19.4. The molecule has 0 saturated heterocycles. The molecule has 5 nitrogen and oxygen atoms in total. The van der Waals surface area contributed by atoms with Crippen molar-refractivity contribution in [3.8, 4) is 5.75 Å². The summed E-state index contributed by atoms with van der Waals surface area (Å²) in [6, 6.07) is 5.93. The minimum absolute atomic E-state index is 0.0884. The van der Waals surface area contributed by atoms with Gasteiger partial charge in [0, 0.05) is 5.56 Å². The Morgan fingerprint density at radius 3 is 2.70 bits per heavy atom. The van der Waals surface area contributed by atoms with Crippen LogP contribution in [0.1, 0.15) is 27.4 Å². The van der Waals surface area contributed by atoms with Gasteiger partial charge in [-0.1, -0.05) is 11.2 Å². The molecule has 8 heteroatoms. The number of ether oxygens (including phenoxy) is 1. The summed E-state index contributed by atoms with van der Waals surface area (Å²) in [5.41, 5.74) is 1.57. The molecule has 0 saturated carbocycles. The molecule has 124 valence electrons. The summed E-state index contributed by atoms with van der Waals surface area (Å²) in [6.07, 6.45) is -4.45. The average molecular weight is 328 g/mol. The zero-order valence-corrected chi connectivity index (χ0v) is 12.5. The maximum Gasteiger partial charge on any atom is 0.405 e. The summed E-state index contributed by atoms with van der Waals surface area (Å²) in [7, 11) is 0. The van der Waals surface area contributed by atoms with Crippen molar-refractivity contribution < 1.29 is 27.2 Å². The first-order valence-electron chi connectivity index (χ1n) is 6.76. The van der Waals surface area contributed by atoms with Gasteiger partial charge in [0.25, 0.3) is 5.91 Å². The van der Waals surface area contributed by atoms with Gasteiger partial charge in [0.1, 0.15) is 24.7 Å². The van der Waals surface area contributed by atoms with Crippen LogP contribution >= 0.6 is 0 Å². The summed E-state index contributed by atoms with van der Waals surface area (Å²) >= 11 is 0. The second-order valence-electron chi connectivity index (χ2n) is 4.92. The van der Waals surface area contributed by atoms with E-state index in [2.05, 4.69) is 5.16 Å². The van der Waals surface area contributed by atoms with Crippen molar-refractivity contribution in [1.29, 1.82) is 0 Å². The van der Waals surface area contributed by atoms with E-state index in [1.165, 1.54) is 18.2 Å². The number of amides is 1. The lowest BCUT2D eigenvalue weighted by molar-refractivity contribution is -0.123. The van der Waals surface area contributed by atoms with E-state index in [4.69, 9.17) is 9.26 Å². The van der Waals surface area contributed by atoms with Crippen LogP contribution in [0, 0.1) is 13.8 Å². The number of alkyl halides is 3. The third-order valence-electron chi connectivity index (χ3n) is 3.11. The van der Waals surface area contributed by atoms with E-state index in [1.54, 1.807) is 19.9 Å². The van der Waals surface area contributed by atoms with E-state index < -0.39 is 18.6 Å². The number of aryl methyl sites for hydroxylation is 2. The molecule has 1 aromatic heterocycles. The molecule has 0 radical (unpaired) electrons. The first-order valence-corrected chi connectivity index (χ1v) is 6.76. The second-order valence-corrected chi connectivity index (χ2v) is 4.92. The van der Waals surface area contributed by atoms with Crippen LogP contribution in [0.3, 0.4) is 0 Å². The number of rotatable bonds is 5. The van der Waals surface area contributed by atoms with E-state index in [9.17, 15) is 18.0 Å². The van der Waals surface area contributed by atoms with E-state index in [1.807, 2.05) is 5.32 Å². The summed E-state index contributed by atoms with van der Waals surface area (Å²) < 4.78 is 46.9. The number of carbonyl (C=O) groups is 1. The smallest absolute Gasteiger partial charge is 0.405 e. The number of nitrogens with one attached hydrogen (secondary N) is 1. The molecule has 0 aliphatic rings. The Morgan fingerprint density at radius 2 is 2.09 bits per heavy atom. The van der Waals surface area contributed by atoms with Crippen LogP contribution in [-0.2, 0) is 6.61 Å². The number of halogens is 3. The van der Waals surface area contributed by atoms with Crippen LogP contribution in [0.25, 0.3) is 0 Å². The van der Waals surface area contributed by atoms with Gasteiger partial charge in [-0.05, 0) is 32.0 Å². The molecule has 0 bridgehead atoms. The second kappa shape index (κ2) is 6.72. The normalized spacial score (nSPS) is 11.3. The topological polar surface area (TPSA) is 64.4 Å². The fourth-order valence-electron chi connectivity index (χ4n) is 1.87. The molecule has 2 aromatic rings. The third-order valence-corrected chi connectivity index (χ3v) is 3.11. The Morgan fingerprint density at radius 1 is 1.35 bits per heavy atom. The van der Waals surface area contributed by atoms with Gasteiger partial charge in [0.15, 0.2) is 0 Å². The highest BCUT2D eigenvalue weighted by Gasteiger charge is 2.27. The van der Waals surface area contributed by atoms with E-state index in [0.717, 1.165) is 5.56 Å². The zero-order valence-electron chi connectivity index (χ0n) is 12.5. The minimum Gasteiger partial charge on any atom is -0.489 e. The zero-order chi connectivity index (χ0) is 17.0. The number of carbonyl (C=O) groups excluding carboxylic acids is 1. The largest absolute Gasteiger partial charge is 0.489 e. The quantitative estimate of drug-likeness (QED) is 0.916. The summed E-state index contributed by atoms with van der Waals surface area (Å²) in [6.45, 7) is 2.33. The number of hydrogen-bond donors (Lipinski definition) is 1. The Bertz CT molecular complexity index is 676. The van der Waals surface area contributed by atoms with E-state index in [0.29, 0.717) is 17.2 Å². The van der Waals surface area contributed by atoms with Crippen LogP contribution in [-0.4, -0.2) is 23.8 Å². The number of aromatic nitrogens is 1. The molecule has 0 spiro atoms. The number of nitrogens with zero attached hydrogens (tertiary/aromatic N) is 1. The highest BCUT2D eigenvalue weighted by Crippen LogP contribution is 2.19. The van der Waals surface area contributed by atoms with Crippen LogP contribution in [0.15, 0.2) is 28.8 Å². The molecule has 0 fully saturated rings. The summed E-state index contributed by atoms with van der Waals surface area (Å²) in [5.74, 6) is 0.177. The van der Waals surface area contributed by atoms with Crippen LogP contribution < -0.4 is 10.1 Å². The first-order chi connectivity index (χ1) is 10.8. The van der Waals surface area contributed by atoms with E-state index >= 15 is 0 Å². The molecule has 1 heterocycles. The fourth-order valence-corrected chi connectivity index (χ4v) is 1.87. The van der Waals surface area contributed by atoms with Crippen molar-refractivity contribution >= 4 is 5.91 Å². The predicted octanol–water partition coefficient (Wildman–Crippen LogP) is 3.16. The highest BCUT2D eigenvalue weighted by molar-refractivity contribution is 5.94. The lowest BCUT2D eigenvalue weighted by Crippen LogP contribution is -2.33. The lowest BCUT2D eigenvalue weighted by Gasteiger charge is -2.10. The van der Waals surface area contributed by atoms with Crippen LogP contribution in [0.2, 0.25) is 0 Å². The van der Waals surface area contributed by atoms with Gasteiger partial charge in [-0.15, -0.1) is 0 Å². The van der Waals surface area contributed by atoms with Crippen molar-refractivity contribution in [1.82, 2.24) is 10.5 Å². The molecular formula is C15H15F3N2O3. The first kappa shape index (κ1) is 16.9. The molecule has 23 heavy (non-hydrogen) atoms. The molecule has 0 unspecified atom stereocenters. The Balaban J connectivity index is 2.01. The average Bonchev–Trinajstić information content (AvgIpc) is 2.81. The Labute approximate surface area is 130 Å². The van der Waals surface area contributed by atoms with Gasteiger partial charge in [-0.25, -0.2) is 0 Å². The van der Waals surface area contributed by atoms with Crippen LogP contribution in [0.5, 0.6) is 5.75 Å². The van der Waals surface area contributed by atoms with Crippen molar-refractivity contribution in [3.63, 3.8) is 0 Å². The SMILES string of the molecule is Cc1noc(C)c1COc1cccc(C(=O)NCC(F)(F)F)c1. The maximum absolute atomic E-state index is 12.1. The number of benzene rings is 1. The fraction of sp³-hybridized carbons (Fsp3) is 0.333. The maximum atomic E-state index is 12.1. The van der Waals surface area contributed by atoms with Crippen LogP contribution in [0.4, 0.5) is 13.2 Å². The summed E-state index contributed by atoms with van der Waals surface area (Å²) in [5, 5.41) is 5.61. The Hall–Kier alpha value is -2.51. The third kappa shape index (κ3) is 4.73. The predicted molar refractivity (Wildman–Crippen MR) is 75.1 cm³/mol. The molecule has 0 aliphatic carbocycles. The van der Waals surface area contributed by atoms with Gasteiger partial charge >= 0.3 is 6.18 Å². The van der Waals surface area contributed by atoms with Gasteiger partial charge in [0.05, 0.1) is 11.3 Å². The molecule has 0 aliphatic heterocycles. The van der Waals surface area contributed by atoms with Crippen molar-refractivity contribution in [2.24, 2.45) is 0 Å². The molecule has 1 N–H and O–H groups in total. The van der Waals surface area contributed by atoms with Crippen molar-refractivity contribution in [2.75, 3.05) is 6.54 Å². The van der Waals surface area contributed by atoms with Gasteiger partial charge in [-0.3, -0.25) is 4.79 Å². The van der Waals surface area contributed by atoms with Gasteiger partial charge in [-0.2, -0.15) is 13.2 Å². The van der Waals surface area contributed by atoms with Crippen molar-refractivity contribution in [3.05, 3.63) is 46.8 Å². The molecule has 2 rings (SSSR count). The van der Waals surface area contributed by atoms with Gasteiger partial charge in [0.2, 0.25) is 0 Å². The lowest BCUT2D eigenvalue weighted by atomic mass is 10.2. The molecule has 1 aromatic carbocycles. The molecular weight excluding hydrogens is 313 g/mol. The monoisotopic (exact) mass is 328 g/mol. The molecule has 1 amide bonds. The van der Waals surface area contributed by atoms with Crippen molar-refractivity contribution in [2.45, 2.75) is 26.6 Å². The molecule has 0 atom stereocenters. The standard InChI is InChI=1S/C15H15F3N2O3/c1-9-13(10(2)23-20-9)7-22-12-5-3-4-11(6-12)14(21)19-8-15(16,17)18/h3-6H,7-8H2,1-2H3,(H,19,21). The van der Waals surface area contributed by atoms with Gasteiger partial charge < -0.3 is 14.6 Å². The summed E-state index contributed by atoms with van der Waals surface area (Å²) in [4.78, 5) is 11.7.